The van der Waals surface area contributed by atoms with Crippen LogP contribution in [-0.2, 0) is 54.8 Å². The number of unbranched alkanes of at least 4 members (excludes halogenated alkanes) is 1. The molecule has 0 bridgehead atoms. The smallest absolute Gasteiger partial charge is 0.410 e. The van der Waals surface area contributed by atoms with Gasteiger partial charge in [0, 0.05) is 38.0 Å². The van der Waals surface area contributed by atoms with Gasteiger partial charge in [-0.05, 0) is 118 Å². The Morgan fingerprint density at radius 2 is 1.19 bits per heavy atom. The molecule has 0 aromatic heterocycles. The van der Waals surface area contributed by atoms with E-state index >= 15 is 0 Å². The first-order chi connectivity index (χ1) is 34.3. The van der Waals surface area contributed by atoms with Crippen LogP contribution in [0.5, 0.6) is 0 Å². The van der Waals surface area contributed by atoms with Gasteiger partial charge in [0.15, 0.2) is 0 Å². The van der Waals surface area contributed by atoms with Gasteiger partial charge >= 0.3 is 24.2 Å². The first-order valence-corrected chi connectivity index (χ1v) is 25.6. The van der Waals surface area contributed by atoms with Gasteiger partial charge in [0.2, 0.25) is 23.6 Å². The van der Waals surface area contributed by atoms with E-state index in [0.717, 1.165) is 11.1 Å². The number of alkyl carbamates (subject to hydrolysis) is 2. The van der Waals surface area contributed by atoms with Crippen molar-refractivity contribution >= 4 is 47.9 Å². The third kappa shape index (κ3) is 21.6. The van der Waals surface area contributed by atoms with Gasteiger partial charge in [-0.15, -0.1) is 0 Å². The molecule has 19 heteroatoms. The first-order valence-electron chi connectivity index (χ1n) is 25.6. The maximum atomic E-state index is 14.5. The molecule has 5 N–H and O–H groups in total. The lowest BCUT2D eigenvalue weighted by atomic mass is 9.84. The largest absolute Gasteiger partial charge is 0.467 e. The molecule has 0 spiro atoms. The summed E-state index contributed by atoms with van der Waals surface area (Å²) in [5.74, 6) is -3.22. The summed E-state index contributed by atoms with van der Waals surface area (Å²) in [6.07, 6.45) is -0.995. The van der Waals surface area contributed by atoms with Crippen molar-refractivity contribution in [2.75, 3.05) is 39.8 Å². The van der Waals surface area contributed by atoms with E-state index in [1.807, 2.05) is 76.2 Å². The molecule has 0 saturated carbocycles. The highest BCUT2D eigenvalue weighted by molar-refractivity contribution is 5.95. The third-order valence-electron chi connectivity index (χ3n) is 11.8. The van der Waals surface area contributed by atoms with Gasteiger partial charge in [-0.3, -0.25) is 24.1 Å². The van der Waals surface area contributed by atoms with Crippen molar-refractivity contribution < 1.29 is 57.3 Å². The van der Waals surface area contributed by atoms with Crippen LogP contribution in [0.25, 0.3) is 0 Å². The Morgan fingerprint density at radius 1 is 0.662 bits per heavy atom. The second kappa shape index (κ2) is 27.2. The van der Waals surface area contributed by atoms with Crippen LogP contribution in [-0.4, -0.2) is 138 Å². The summed E-state index contributed by atoms with van der Waals surface area (Å²) in [7, 11) is 1.21. The predicted molar refractivity (Wildman–Crippen MR) is 281 cm³/mol. The third-order valence-corrected chi connectivity index (χ3v) is 11.8. The molecule has 1 heterocycles. The molecule has 0 unspecified atom stereocenters. The molecule has 2 aromatic carbocycles. The maximum absolute atomic E-state index is 14.5. The Hall–Kier alpha value is -6.40. The Bertz CT molecular complexity index is 2190. The second-order valence-corrected chi connectivity index (χ2v) is 23.1. The molecule has 7 amide bonds. The lowest BCUT2D eigenvalue weighted by Crippen LogP contribution is -2.63. The van der Waals surface area contributed by atoms with E-state index in [0.29, 0.717) is 12.8 Å². The van der Waals surface area contributed by atoms with Crippen LogP contribution >= 0.6 is 0 Å². The van der Waals surface area contributed by atoms with Gasteiger partial charge in [-0.2, -0.15) is 0 Å². The van der Waals surface area contributed by atoms with Gasteiger partial charge in [-0.25, -0.2) is 19.2 Å². The lowest BCUT2D eigenvalue weighted by Gasteiger charge is -2.41. The molecule has 0 aliphatic carbocycles. The first kappa shape index (κ1) is 61.9. The zero-order valence-electron chi connectivity index (χ0n) is 46.4. The number of hydrogen-bond acceptors (Lipinski definition) is 12. The zero-order valence-corrected chi connectivity index (χ0v) is 46.4. The molecular weight excluding hydrogens is 951 g/mol. The second-order valence-electron chi connectivity index (χ2n) is 23.1. The van der Waals surface area contributed by atoms with Crippen LogP contribution in [0.2, 0.25) is 0 Å². The van der Waals surface area contributed by atoms with Crippen LogP contribution in [0.4, 0.5) is 14.4 Å². The van der Waals surface area contributed by atoms with E-state index in [4.69, 9.17) is 18.9 Å². The van der Waals surface area contributed by atoms with Gasteiger partial charge in [0.05, 0.1) is 7.11 Å². The average molecular weight is 1040 g/mol. The number of ether oxygens (including phenoxy) is 4. The van der Waals surface area contributed by atoms with Crippen molar-refractivity contribution in [2.45, 2.75) is 181 Å². The van der Waals surface area contributed by atoms with Crippen LogP contribution in [0.15, 0.2) is 60.7 Å². The number of piperidine rings is 1. The molecular formula is C55H85N7O12. The molecule has 412 valence electrons. The van der Waals surface area contributed by atoms with Gasteiger partial charge in [0.1, 0.15) is 47.0 Å². The normalized spacial score (nSPS) is 15.0. The van der Waals surface area contributed by atoms with Crippen molar-refractivity contribution in [2.24, 2.45) is 5.92 Å². The highest BCUT2D eigenvalue weighted by atomic mass is 16.6. The quantitative estimate of drug-likeness (QED) is 0.0471. The van der Waals surface area contributed by atoms with Crippen molar-refractivity contribution in [3.63, 3.8) is 0 Å². The van der Waals surface area contributed by atoms with E-state index in [9.17, 15) is 38.4 Å². The van der Waals surface area contributed by atoms with E-state index in [1.54, 1.807) is 74.4 Å². The summed E-state index contributed by atoms with van der Waals surface area (Å²) in [4.78, 5) is 113. The summed E-state index contributed by atoms with van der Waals surface area (Å²) in [6, 6.07) is 15.1. The molecule has 0 radical (unpaired) electrons. The summed E-state index contributed by atoms with van der Waals surface area (Å²) in [5, 5.41) is 14.0. The molecule has 2 aromatic rings. The zero-order chi connectivity index (χ0) is 55.7. The van der Waals surface area contributed by atoms with Gasteiger partial charge in [-0.1, -0.05) is 88.4 Å². The summed E-state index contributed by atoms with van der Waals surface area (Å²) in [6.45, 7) is 23.1. The van der Waals surface area contributed by atoms with E-state index in [2.05, 4.69) is 26.6 Å². The number of benzene rings is 2. The fourth-order valence-electron chi connectivity index (χ4n) is 8.33. The topological polar surface area (TPSA) is 240 Å². The van der Waals surface area contributed by atoms with Crippen molar-refractivity contribution in [3.8, 4) is 0 Å². The lowest BCUT2D eigenvalue weighted by molar-refractivity contribution is -0.153. The molecule has 1 aliphatic rings. The molecule has 74 heavy (non-hydrogen) atoms. The van der Waals surface area contributed by atoms with Crippen molar-refractivity contribution in [1.29, 1.82) is 0 Å². The number of nitrogens with zero attached hydrogens (tertiary/aromatic N) is 2. The van der Waals surface area contributed by atoms with Crippen LogP contribution in [0.1, 0.15) is 140 Å². The summed E-state index contributed by atoms with van der Waals surface area (Å²) in [5.41, 5.74) is -2.84. The van der Waals surface area contributed by atoms with Gasteiger partial charge in [0.25, 0.3) is 0 Å². The fourth-order valence-corrected chi connectivity index (χ4v) is 8.33. The highest BCUT2D eigenvalue weighted by Gasteiger charge is 2.46. The summed E-state index contributed by atoms with van der Waals surface area (Å²) < 4.78 is 21.6. The number of methoxy groups -OCH3 is 1. The summed E-state index contributed by atoms with van der Waals surface area (Å²) >= 11 is 0. The fraction of sp³-hybridized carbons (Fsp3) is 0.636. The van der Waals surface area contributed by atoms with E-state index < -0.39 is 100 Å². The molecule has 3 atom stereocenters. The number of esters is 1. The number of carbonyl (C=O) groups is 8. The van der Waals surface area contributed by atoms with Crippen LogP contribution < -0.4 is 26.6 Å². The standard InChI is InChI=1S/C55H85N7O12/c1-37(2)33-41(59-45(65)42(34-38-23-17-15-18-24-38)57-43(63)35-62(50(70)74-53(9,10)11)36-54(12,13)39-25-19-16-20-26-39)44(64)58-40(27-21-22-30-56-48(68)72-51(3,4)5)46(66)61-31-28-55(29-32-61,47(67)71-14)60-49(69)73-52(6,7)8/h15-20,23-26,37,40-42H,21-22,27-36H2,1-14H3,(H,56,68)(H,57,63)(H,58,64)(H,59,65)(H,60,69)/t40-,41-,42-/m1/s1. The van der Waals surface area contributed by atoms with Gasteiger partial charge < -0.3 is 50.4 Å². The van der Waals surface area contributed by atoms with E-state index in [-0.39, 0.29) is 64.2 Å². The minimum absolute atomic E-state index is 0.00793. The molecule has 1 fully saturated rings. The average Bonchev–Trinajstić information content (AvgIpc) is 3.28. The number of amides is 7. The molecule has 19 nitrogen and oxygen atoms in total. The number of hydrogen-bond donors (Lipinski definition) is 5. The van der Waals surface area contributed by atoms with Crippen LogP contribution in [0.3, 0.4) is 0 Å². The van der Waals surface area contributed by atoms with Crippen LogP contribution in [0, 0.1) is 5.92 Å². The molecule has 1 saturated heterocycles. The minimum Gasteiger partial charge on any atom is -0.467 e. The Kier molecular flexibility index (Phi) is 22.8. The number of rotatable bonds is 22. The van der Waals surface area contributed by atoms with Crippen molar-refractivity contribution in [3.05, 3.63) is 71.8 Å². The van der Waals surface area contributed by atoms with Crippen molar-refractivity contribution in [1.82, 2.24) is 36.4 Å². The molecule has 1 aliphatic heterocycles. The molecule has 3 rings (SSSR count). The number of nitrogens with one attached hydrogen (secondary N) is 5. The Labute approximate surface area is 438 Å². The predicted octanol–water partition coefficient (Wildman–Crippen LogP) is 6.70. The highest BCUT2D eigenvalue weighted by Crippen LogP contribution is 2.27. The van der Waals surface area contributed by atoms with E-state index in [1.165, 1.54) is 16.9 Å². The monoisotopic (exact) mass is 1040 g/mol. The Balaban J connectivity index is 1.91. The minimum atomic E-state index is -1.48. The SMILES string of the molecule is COC(=O)C1(NC(=O)OC(C)(C)C)CCN(C(=O)[C@@H](CCCCNC(=O)OC(C)(C)C)NC(=O)[C@@H](CC(C)C)NC(=O)[C@@H](Cc2ccccc2)NC(=O)CN(CC(C)(C)c2ccccc2)C(=O)OC(C)(C)C)CC1. The maximum Gasteiger partial charge on any atom is 0.410 e. The number of carbonyl (C=O) groups excluding carboxylic acids is 8. The number of likely N-dealkylation sites (tertiary alicyclic amines) is 1. The Morgan fingerprint density at radius 3 is 1.73 bits per heavy atom.